The van der Waals surface area contributed by atoms with Crippen LogP contribution in [0.4, 0.5) is 0 Å². The van der Waals surface area contributed by atoms with E-state index in [9.17, 15) is 4.79 Å². The molecule has 0 aromatic heterocycles. The van der Waals surface area contributed by atoms with Gasteiger partial charge in [-0.1, -0.05) is 26.0 Å². The molecule has 0 saturated carbocycles. The number of ether oxygens (including phenoxy) is 1. The Bertz CT molecular complexity index is 477. The molecule has 1 saturated heterocycles. The molecule has 4 nitrogen and oxygen atoms in total. The highest BCUT2D eigenvalue weighted by Gasteiger charge is 2.23. The lowest BCUT2D eigenvalue weighted by atomic mass is 9.95. The fourth-order valence-corrected chi connectivity index (χ4v) is 2.89. The highest BCUT2D eigenvalue weighted by Crippen LogP contribution is 2.30. The predicted octanol–water partition coefficient (Wildman–Crippen LogP) is 3.45. The van der Waals surface area contributed by atoms with Crippen LogP contribution in [-0.2, 0) is 4.79 Å². The monoisotopic (exact) mass is 362 g/mol. The Balaban J connectivity index is 0.00000242. The minimum absolute atomic E-state index is 0. The quantitative estimate of drug-likeness (QED) is 0.643. The van der Waals surface area contributed by atoms with Crippen molar-refractivity contribution in [1.82, 2.24) is 10.2 Å². The predicted molar refractivity (Wildman–Crippen MR) is 98.9 cm³/mol. The van der Waals surface area contributed by atoms with Crippen LogP contribution < -0.4 is 10.1 Å². The lowest BCUT2D eigenvalue weighted by molar-refractivity contribution is -0.131. The molecule has 132 valence electrons. The number of benzene rings is 1. The van der Waals surface area contributed by atoms with Gasteiger partial charge in [0.25, 0.3) is 0 Å². The summed E-state index contributed by atoms with van der Waals surface area (Å²) >= 11 is 0. The van der Waals surface area contributed by atoms with Gasteiger partial charge in [-0.05, 0) is 30.0 Å². The molecule has 1 N–H and O–H groups in total. The molecule has 0 spiro atoms. The number of rotatable bonds is 5. The zero-order valence-corrected chi connectivity index (χ0v) is 15.7. The number of carbonyl (C=O) groups is 1. The van der Waals surface area contributed by atoms with Gasteiger partial charge in [-0.3, -0.25) is 9.69 Å². The second-order valence-electron chi connectivity index (χ2n) is 6.10. The van der Waals surface area contributed by atoms with Crippen LogP contribution in [-0.4, -0.2) is 37.0 Å². The van der Waals surface area contributed by atoms with Crippen LogP contribution in [0.3, 0.4) is 0 Å². The maximum atomic E-state index is 11.1. The molecule has 2 rings (SSSR count). The molecule has 6 heteroatoms. The molecular formula is C17H28Cl2N2O2. The third-order valence-electron chi connectivity index (χ3n) is 3.79. The summed E-state index contributed by atoms with van der Waals surface area (Å²) < 4.78 is 5.23. The van der Waals surface area contributed by atoms with E-state index in [1.165, 1.54) is 12.5 Å². The average Bonchev–Trinajstić information content (AvgIpc) is 2.45. The van der Waals surface area contributed by atoms with E-state index in [-0.39, 0.29) is 30.8 Å². The first kappa shape index (κ1) is 22.2. The first-order valence-electron chi connectivity index (χ1n) is 7.79. The van der Waals surface area contributed by atoms with Crippen LogP contribution in [0.5, 0.6) is 5.75 Å². The Hall–Kier alpha value is -0.810. The first-order valence-corrected chi connectivity index (χ1v) is 7.79. The van der Waals surface area contributed by atoms with Gasteiger partial charge >= 0.3 is 5.97 Å². The van der Waals surface area contributed by atoms with E-state index in [0.717, 1.165) is 32.6 Å². The molecular weight excluding hydrogens is 335 g/mol. The van der Waals surface area contributed by atoms with Crippen molar-refractivity contribution in [1.29, 1.82) is 0 Å². The smallest absolute Gasteiger partial charge is 0.308 e. The van der Waals surface area contributed by atoms with Gasteiger partial charge in [0.2, 0.25) is 0 Å². The minimum Gasteiger partial charge on any atom is -0.427 e. The van der Waals surface area contributed by atoms with Crippen molar-refractivity contribution in [3.63, 3.8) is 0 Å². The maximum Gasteiger partial charge on any atom is 0.308 e. The summed E-state index contributed by atoms with van der Waals surface area (Å²) in [6, 6.07) is 8.36. The van der Waals surface area contributed by atoms with Crippen molar-refractivity contribution in [2.45, 2.75) is 33.2 Å². The first-order chi connectivity index (χ1) is 10.1. The van der Waals surface area contributed by atoms with E-state index in [1.54, 1.807) is 0 Å². The Labute approximate surface area is 151 Å². The standard InChI is InChI=1S/C17H26N2O2.2ClH/c1-13(2)11-17(19-9-7-18-8-10-19)15-5-4-6-16(12-15)21-14(3)20;;/h4-6,12-13,17-18H,7-11H2,1-3H3;2*1H/t17-;;/m0../s1. The van der Waals surface area contributed by atoms with Gasteiger partial charge in [-0.2, -0.15) is 0 Å². The van der Waals surface area contributed by atoms with E-state index >= 15 is 0 Å². The molecule has 0 radical (unpaired) electrons. The van der Waals surface area contributed by atoms with Gasteiger partial charge in [-0.15, -0.1) is 24.8 Å². The lowest BCUT2D eigenvalue weighted by Gasteiger charge is -2.36. The molecule has 1 aromatic rings. The molecule has 1 aliphatic heterocycles. The molecule has 1 heterocycles. The van der Waals surface area contributed by atoms with E-state index in [0.29, 0.717) is 17.7 Å². The lowest BCUT2D eigenvalue weighted by Crippen LogP contribution is -2.45. The number of nitrogens with zero attached hydrogens (tertiary/aromatic N) is 1. The van der Waals surface area contributed by atoms with Crippen LogP contribution in [0.2, 0.25) is 0 Å². The van der Waals surface area contributed by atoms with Gasteiger partial charge in [-0.25, -0.2) is 0 Å². The number of carbonyl (C=O) groups excluding carboxylic acids is 1. The molecule has 1 fully saturated rings. The van der Waals surface area contributed by atoms with Crippen LogP contribution in [0.15, 0.2) is 24.3 Å². The third kappa shape index (κ3) is 7.08. The summed E-state index contributed by atoms with van der Waals surface area (Å²) in [5.41, 5.74) is 1.24. The van der Waals surface area contributed by atoms with Crippen LogP contribution in [0.1, 0.15) is 38.8 Å². The summed E-state index contributed by atoms with van der Waals surface area (Å²) in [5, 5.41) is 3.40. The molecule has 0 bridgehead atoms. The zero-order valence-electron chi connectivity index (χ0n) is 14.1. The average molecular weight is 363 g/mol. The Morgan fingerprint density at radius 1 is 1.26 bits per heavy atom. The second-order valence-corrected chi connectivity index (χ2v) is 6.10. The molecule has 1 aromatic carbocycles. The molecule has 0 unspecified atom stereocenters. The fourth-order valence-electron chi connectivity index (χ4n) is 2.89. The van der Waals surface area contributed by atoms with E-state index in [2.05, 4.69) is 30.1 Å². The van der Waals surface area contributed by atoms with Crippen molar-refractivity contribution in [3.05, 3.63) is 29.8 Å². The summed E-state index contributed by atoms with van der Waals surface area (Å²) in [5.74, 6) is 1.00. The molecule has 0 amide bonds. The molecule has 1 aliphatic rings. The highest BCUT2D eigenvalue weighted by molar-refractivity contribution is 5.85. The second kappa shape index (κ2) is 10.9. The number of nitrogens with one attached hydrogen (secondary N) is 1. The zero-order chi connectivity index (χ0) is 15.2. The number of esters is 1. The third-order valence-corrected chi connectivity index (χ3v) is 3.79. The van der Waals surface area contributed by atoms with Crippen LogP contribution in [0.25, 0.3) is 0 Å². The number of piperazine rings is 1. The highest BCUT2D eigenvalue weighted by atomic mass is 35.5. The Kier molecular flexibility index (Phi) is 10.5. The van der Waals surface area contributed by atoms with Crippen molar-refractivity contribution in [3.8, 4) is 5.75 Å². The fraction of sp³-hybridized carbons (Fsp3) is 0.588. The summed E-state index contributed by atoms with van der Waals surface area (Å²) in [6.07, 6.45) is 1.11. The van der Waals surface area contributed by atoms with Gasteiger partial charge in [0, 0.05) is 39.1 Å². The van der Waals surface area contributed by atoms with Crippen molar-refractivity contribution >= 4 is 30.8 Å². The van der Waals surface area contributed by atoms with Gasteiger partial charge < -0.3 is 10.1 Å². The summed E-state index contributed by atoms with van der Waals surface area (Å²) in [6.45, 7) is 10.2. The summed E-state index contributed by atoms with van der Waals surface area (Å²) in [4.78, 5) is 13.7. The van der Waals surface area contributed by atoms with E-state index in [1.807, 2.05) is 18.2 Å². The maximum absolute atomic E-state index is 11.1. The number of hydrogen-bond donors (Lipinski definition) is 1. The van der Waals surface area contributed by atoms with Crippen LogP contribution in [0, 0.1) is 5.92 Å². The van der Waals surface area contributed by atoms with E-state index in [4.69, 9.17) is 4.74 Å². The van der Waals surface area contributed by atoms with Crippen molar-refractivity contribution in [2.24, 2.45) is 5.92 Å². The van der Waals surface area contributed by atoms with Crippen LogP contribution >= 0.6 is 24.8 Å². The normalized spacial score (nSPS) is 16.2. The van der Waals surface area contributed by atoms with Gasteiger partial charge in [0.1, 0.15) is 5.75 Å². The molecule has 1 atom stereocenters. The van der Waals surface area contributed by atoms with Crippen molar-refractivity contribution in [2.75, 3.05) is 26.2 Å². The number of hydrogen-bond acceptors (Lipinski definition) is 4. The summed E-state index contributed by atoms with van der Waals surface area (Å²) in [7, 11) is 0. The molecule has 0 aliphatic carbocycles. The largest absolute Gasteiger partial charge is 0.427 e. The Morgan fingerprint density at radius 2 is 1.91 bits per heavy atom. The van der Waals surface area contributed by atoms with Gasteiger partial charge in [0.05, 0.1) is 0 Å². The van der Waals surface area contributed by atoms with Crippen molar-refractivity contribution < 1.29 is 9.53 Å². The topological polar surface area (TPSA) is 41.6 Å². The van der Waals surface area contributed by atoms with Gasteiger partial charge in [0.15, 0.2) is 0 Å². The number of halogens is 2. The Morgan fingerprint density at radius 3 is 2.48 bits per heavy atom. The minimum atomic E-state index is -0.269. The molecule has 23 heavy (non-hydrogen) atoms. The van der Waals surface area contributed by atoms with E-state index < -0.39 is 0 Å². The SMILES string of the molecule is CC(=O)Oc1cccc([C@H](CC(C)C)N2CCNCC2)c1.Cl.Cl.